The van der Waals surface area contributed by atoms with Gasteiger partial charge < -0.3 is 19.6 Å². The molecule has 0 aliphatic carbocycles. The maximum Gasteiger partial charge on any atom is 0.406 e. The zero-order chi connectivity index (χ0) is 19.7. The summed E-state index contributed by atoms with van der Waals surface area (Å²) in [4.78, 5) is 20.7. The molecule has 1 aliphatic rings. The number of nitrogens with zero attached hydrogens (tertiary/aromatic N) is 3. The van der Waals surface area contributed by atoms with Gasteiger partial charge in [0, 0.05) is 11.6 Å². The standard InChI is InChI=1S/C18H18F3N5O2/c19-18(20,21)9-26-10-23-13-7-12(1-2-15(13)26)24-16(27)14-8-28-17(25-14)11-3-5-22-6-4-11/h1-2,7-8,10-11,22H,3-6,9H2,(H,24,27). The number of amides is 1. The molecule has 0 bridgehead atoms. The Morgan fingerprint density at radius 3 is 2.86 bits per heavy atom. The number of rotatable bonds is 4. The van der Waals surface area contributed by atoms with Gasteiger partial charge in [-0.25, -0.2) is 9.97 Å². The number of hydrogen-bond donors (Lipinski definition) is 2. The van der Waals surface area contributed by atoms with Crippen LogP contribution < -0.4 is 10.6 Å². The van der Waals surface area contributed by atoms with Gasteiger partial charge in [-0.3, -0.25) is 4.79 Å². The van der Waals surface area contributed by atoms with Crippen molar-refractivity contribution in [3.63, 3.8) is 0 Å². The van der Waals surface area contributed by atoms with Crippen molar-refractivity contribution >= 4 is 22.6 Å². The largest absolute Gasteiger partial charge is 0.448 e. The fraction of sp³-hybridized carbons (Fsp3) is 0.389. The van der Waals surface area contributed by atoms with Crippen LogP contribution in [0.1, 0.15) is 35.1 Å². The van der Waals surface area contributed by atoms with E-state index in [0.717, 1.165) is 36.8 Å². The average Bonchev–Trinajstić information content (AvgIpc) is 3.29. The number of alkyl halides is 3. The van der Waals surface area contributed by atoms with E-state index in [1.165, 1.54) is 24.5 Å². The SMILES string of the molecule is O=C(Nc1ccc2c(c1)ncn2CC(F)(F)F)c1coc(C2CCNCC2)n1. The van der Waals surface area contributed by atoms with Gasteiger partial charge in [0.25, 0.3) is 5.91 Å². The van der Waals surface area contributed by atoms with Crippen molar-refractivity contribution in [2.45, 2.75) is 31.5 Å². The van der Waals surface area contributed by atoms with Gasteiger partial charge in [0.2, 0.25) is 0 Å². The van der Waals surface area contributed by atoms with Gasteiger partial charge in [-0.1, -0.05) is 0 Å². The van der Waals surface area contributed by atoms with Crippen LogP contribution in [0.25, 0.3) is 11.0 Å². The van der Waals surface area contributed by atoms with Crippen LogP contribution in [-0.4, -0.2) is 39.7 Å². The third-order valence-electron chi connectivity index (χ3n) is 4.67. The summed E-state index contributed by atoms with van der Waals surface area (Å²) >= 11 is 0. The van der Waals surface area contributed by atoms with Crippen molar-refractivity contribution in [1.82, 2.24) is 19.9 Å². The van der Waals surface area contributed by atoms with E-state index in [-0.39, 0.29) is 11.6 Å². The summed E-state index contributed by atoms with van der Waals surface area (Å²) in [5, 5.41) is 5.94. The first-order valence-electron chi connectivity index (χ1n) is 8.88. The van der Waals surface area contributed by atoms with E-state index in [0.29, 0.717) is 22.6 Å². The monoisotopic (exact) mass is 393 g/mol. The molecule has 0 unspecified atom stereocenters. The third-order valence-corrected chi connectivity index (χ3v) is 4.67. The molecule has 0 radical (unpaired) electrons. The lowest BCUT2D eigenvalue weighted by molar-refractivity contribution is -0.139. The Morgan fingerprint density at radius 2 is 2.11 bits per heavy atom. The summed E-state index contributed by atoms with van der Waals surface area (Å²) in [7, 11) is 0. The number of aromatic nitrogens is 3. The van der Waals surface area contributed by atoms with Crippen LogP contribution in [0.15, 0.2) is 35.2 Å². The van der Waals surface area contributed by atoms with Crippen molar-refractivity contribution in [2.75, 3.05) is 18.4 Å². The minimum Gasteiger partial charge on any atom is -0.448 e. The van der Waals surface area contributed by atoms with E-state index in [4.69, 9.17) is 4.42 Å². The lowest BCUT2D eigenvalue weighted by Crippen LogP contribution is -2.26. The van der Waals surface area contributed by atoms with Crippen molar-refractivity contribution in [2.24, 2.45) is 0 Å². The predicted octanol–water partition coefficient (Wildman–Crippen LogP) is 3.31. The minimum atomic E-state index is -4.33. The molecule has 2 N–H and O–H groups in total. The fourth-order valence-corrected chi connectivity index (χ4v) is 3.30. The summed E-state index contributed by atoms with van der Waals surface area (Å²) in [5.74, 6) is 0.294. The topological polar surface area (TPSA) is 85.0 Å². The van der Waals surface area contributed by atoms with Gasteiger partial charge in [0.1, 0.15) is 12.8 Å². The van der Waals surface area contributed by atoms with Crippen LogP contribution in [0.5, 0.6) is 0 Å². The molecule has 1 saturated heterocycles. The molecule has 3 aromatic rings. The second-order valence-electron chi connectivity index (χ2n) is 6.74. The summed E-state index contributed by atoms with van der Waals surface area (Å²) in [6.07, 6.45) is -0.0762. The highest BCUT2D eigenvalue weighted by Crippen LogP contribution is 2.26. The number of halogens is 3. The number of imidazole rings is 1. The van der Waals surface area contributed by atoms with Crippen LogP contribution in [0.3, 0.4) is 0 Å². The highest BCUT2D eigenvalue weighted by atomic mass is 19.4. The van der Waals surface area contributed by atoms with E-state index in [1.807, 2.05) is 0 Å². The maximum atomic E-state index is 12.6. The molecule has 10 heteroatoms. The Kier molecular flexibility index (Phi) is 4.80. The van der Waals surface area contributed by atoms with Crippen LogP contribution >= 0.6 is 0 Å². The van der Waals surface area contributed by atoms with Gasteiger partial charge in [-0.05, 0) is 44.1 Å². The first-order valence-corrected chi connectivity index (χ1v) is 8.88. The summed E-state index contributed by atoms with van der Waals surface area (Å²) in [6, 6.07) is 4.55. The van der Waals surface area contributed by atoms with E-state index in [1.54, 1.807) is 0 Å². The molecule has 0 saturated carbocycles. The van der Waals surface area contributed by atoms with Crippen LogP contribution in [-0.2, 0) is 6.54 Å². The molecule has 3 heterocycles. The lowest BCUT2D eigenvalue weighted by Gasteiger charge is -2.19. The molecular formula is C18H18F3N5O2. The van der Waals surface area contributed by atoms with Gasteiger partial charge >= 0.3 is 6.18 Å². The number of nitrogens with one attached hydrogen (secondary N) is 2. The lowest BCUT2D eigenvalue weighted by atomic mass is 9.98. The van der Waals surface area contributed by atoms with Crippen molar-refractivity contribution in [3.05, 3.63) is 42.4 Å². The molecule has 1 amide bonds. The average molecular weight is 393 g/mol. The molecule has 0 atom stereocenters. The molecule has 28 heavy (non-hydrogen) atoms. The molecule has 4 rings (SSSR count). The molecule has 7 nitrogen and oxygen atoms in total. The molecule has 1 aliphatic heterocycles. The zero-order valence-corrected chi connectivity index (χ0v) is 14.8. The second kappa shape index (κ2) is 7.27. The molecule has 1 fully saturated rings. The number of piperidine rings is 1. The number of fused-ring (bicyclic) bond motifs is 1. The third kappa shape index (κ3) is 4.01. The van der Waals surface area contributed by atoms with Gasteiger partial charge in [0.05, 0.1) is 17.4 Å². The van der Waals surface area contributed by atoms with E-state index < -0.39 is 18.6 Å². The highest BCUT2D eigenvalue weighted by molar-refractivity contribution is 6.03. The number of hydrogen-bond acceptors (Lipinski definition) is 5. The van der Waals surface area contributed by atoms with Crippen molar-refractivity contribution < 1.29 is 22.4 Å². The summed E-state index contributed by atoms with van der Waals surface area (Å²) < 4.78 is 44.3. The number of benzene rings is 1. The van der Waals surface area contributed by atoms with Crippen LogP contribution in [0, 0.1) is 0 Å². The smallest absolute Gasteiger partial charge is 0.406 e. The number of carbonyl (C=O) groups is 1. The predicted molar refractivity (Wildman–Crippen MR) is 95.1 cm³/mol. The normalized spacial score (nSPS) is 15.8. The summed E-state index contributed by atoms with van der Waals surface area (Å²) in [6.45, 7) is 0.652. The highest BCUT2D eigenvalue weighted by Gasteiger charge is 2.28. The number of oxazole rings is 1. The Labute approximate surface area is 157 Å². The fourth-order valence-electron chi connectivity index (χ4n) is 3.30. The first-order chi connectivity index (χ1) is 13.4. The maximum absolute atomic E-state index is 12.6. The van der Waals surface area contributed by atoms with E-state index in [9.17, 15) is 18.0 Å². The van der Waals surface area contributed by atoms with Gasteiger partial charge in [-0.2, -0.15) is 13.2 Å². The number of carbonyl (C=O) groups excluding carboxylic acids is 1. The van der Waals surface area contributed by atoms with Crippen LogP contribution in [0.4, 0.5) is 18.9 Å². The quantitative estimate of drug-likeness (QED) is 0.711. The summed E-state index contributed by atoms with van der Waals surface area (Å²) in [5.41, 5.74) is 1.28. The van der Waals surface area contributed by atoms with Crippen molar-refractivity contribution in [3.8, 4) is 0 Å². The van der Waals surface area contributed by atoms with E-state index in [2.05, 4.69) is 20.6 Å². The van der Waals surface area contributed by atoms with Crippen LogP contribution in [0.2, 0.25) is 0 Å². The zero-order valence-electron chi connectivity index (χ0n) is 14.8. The first kappa shape index (κ1) is 18.5. The Bertz CT molecular complexity index is 989. The molecule has 1 aromatic carbocycles. The Morgan fingerprint density at radius 1 is 1.32 bits per heavy atom. The Hall–Kier alpha value is -2.88. The van der Waals surface area contributed by atoms with Gasteiger partial charge in [0.15, 0.2) is 11.6 Å². The van der Waals surface area contributed by atoms with E-state index >= 15 is 0 Å². The Balaban J connectivity index is 1.47. The molecule has 0 spiro atoms. The molecule has 2 aromatic heterocycles. The van der Waals surface area contributed by atoms with Crippen molar-refractivity contribution in [1.29, 1.82) is 0 Å². The van der Waals surface area contributed by atoms with Gasteiger partial charge in [-0.15, -0.1) is 0 Å². The number of anilines is 1. The molecular weight excluding hydrogens is 375 g/mol. The minimum absolute atomic E-state index is 0.163. The molecule has 148 valence electrons. The second-order valence-corrected chi connectivity index (χ2v) is 6.74.